The highest BCUT2D eigenvalue weighted by atomic mass is 35.5. The van der Waals surface area contributed by atoms with Crippen LogP contribution in [0.3, 0.4) is 0 Å². The molecule has 0 radical (unpaired) electrons. The SMILES string of the molecule is CCCOc1ccc(NC(=O)C(=O)N/N=C\c2ccc(OCc3ccc(Cl)cc3)c(OCC)c2)cc1. The van der Waals surface area contributed by atoms with E-state index in [4.69, 9.17) is 25.8 Å². The number of halogens is 1. The Kier molecular flexibility index (Phi) is 10.1. The van der Waals surface area contributed by atoms with E-state index in [1.165, 1.54) is 6.21 Å². The van der Waals surface area contributed by atoms with Crippen LogP contribution in [-0.4, -0.2) is 31.2 Å². The van der Waals surface area contributed by atoms with Crippen molar-refractivity contribution in [3.05, 3.63) is 82.9 Å². The number of carbonyl (C=O) groups is 2. The number of hydrogen-bond donors (Lipinski definition) is 2. The number of amides is 2. The van der Waals surface area contributed by atoms with Crippen LogP contribution in [0.25, 0.3) is 0 Å². The second-order valence-electron chi connectivity index (χ2n) is 7.58. The lowest BCUT2D eigenvalue weighted by Gasteiger charge is -2.12. The summed E-state index contributed by atoms with van der Waals surface area (Å²) in [6.45, 7) is 5.29. The number of carbonyl (C=O) groups excluding carboxylic acids is 2. The molecule has 0 heterocycles. The number of hydrazone groups is 1. The Hall–Kier alpha value is -4.04. The van der Waals surface area contributed by atoms with E-state index in [-0.39, 0.29) is 0 Å². The highest BCUT2D eigenvalue weighted by Crippen LogP contribution is 2.29. The predicted molar refractivity (Wildman–Crippen MR) is 140 cm³/mol. The number of ether oxygens (including phenoxy) is 3. The summed E-state index contributed by atoms with van der Waals surface area (Å²) < 4.78 is 17.1. The Morgan fingerprint density at radius 1 is 0.889 bits per heavy atom. The Morgan fingerprint density at radius 3 is 2.33 bits per heavy atom. The van der Waals surface area contributed by atoms with E-state index in [2.05, 4.69) is 15.8 Å². The second-order valence-corrected chi connectivity index (χ2v) is 8.02. The van der Waals surface area contributed by atoms with Gasteiger partial charge in [0.1, 0.15) is 12.4 Å². The topological polar surface area (TPSA) is 98.2 Å². The molecule has 3 rings (SSSR count). The van der Waals surface area contributed by atoms with Crippen molar-refractivity contribution in [2.75, 3.05) is 18.5 Å². The third kappa shape index (κ3) is 8.32. The average Bonchev–Trinajstić information content (AvgIpc) is 2.89. The average molecular weight is 510 g/mol. The molecule has 0 bridgehead atoms. The number of nitrogens with one attached hydrogen (secondary N) is 2. The van der Waals surface area contributed by atoms with Gasteiger partial charge in [-0.25, -0.2) is 5.43 Å². The quantitative estimate of drug-likeness (QED) is 0.210. The van der Waals surface area contributed by atoms with Crippen molar-refractivity contribution in [3.63, 3.8) is 0 Å². The maximum absolute atomic E-state index is 12.1. The summed E-state index contributed by atoms with van der Waals surface area (Å²) in [4.78, 5) is 24.2. The zero-order chi connectivity index (χ0) is 25.8. The van der Waals surface area contributed by atoms with Crippen LogP contribution in [0, 0.1) is 0 Å². The smallest absolute Gasteiger partial charge is 0.329 e. The molecular formula is C27H28ClN3O5. The highest BCUT2D eigenvalue weighted by Gasteiger charge is 2.13. The van der Waals surface area contributed by atoms with E-state index in [0.29, 0.717) is 53.3 Å². The third-order valence-corrected chi connectivity index (χ3v) is 5.00. The van der Waals surface area contributed by atoms with Gasteiger partial charge < -0.3 is 19.5 Å². The maximum Gasteiger partial charge on any atom is 0.329 e. The molecule has 0 aliphatic heterocycles. The monoisotopic (exact) mass is 509 g/mol. The Labute approximate surface area is 215 Å². The van der Waals surface area contributed by atoms with Gasteiger partial charge in [0.25, 0.3) is 0 Å². The molecule has 9 heteroatoms. The minimum Gasteiger partial charge on any atom is -0.494 e. The molecule has 0 aliphatic rings. The van der Waals surface area contributed by atoms with Crippen LogP contribution in [0.15, 0.2) is 71.8 Å². The fourth-order valence-corrected chi connectivity index (χ4v) is 3.12. The molecular weight excluding hydrogens is 482 g/mol. The summed E-state index contributed by atoms with van der Waals surface area (Å²) in [5.74, 6) is 0.0573. The van der Waals surface area contributed by atoms with Gasteiger partial charge >= 0.3 is 11.8 Å². The first-order valence-corrected chi connectivity index (χ1v) is 11.9. The lowest BCUT2D eigenvalue weighted by molar-refractivity contribution is -0.136. The first-order chi connectivity index (χ1) is 17.5. The molecule has 2 amide bonds. The predicted octanol–water partition coefficient (Wildman–Crippen LogP) is 5.20. The Balaban J connectivity index is 1.54. The van der Waals surface area contributed by atoms with Crippen LogP contribution in [0.2, 0.25) is 5.02 Å². The molecule has 8 nitrogen and oxygen atoms in total. The third-order valence-electron chi connectivity index (χ3n) is 4.75. The van der Waals surface area contributed by atoms with E-state index < -0.39 is 11.8 Å². The van der Waals surface area contributed by atoms with Gasteiger partial charge in [0.05, 0.1) is 19.4 Å². The molecule has 0 spiro atoms. The van der Waals surface area contributed by atoms with Crippen molar-refractivity contribution in [1.82, 2.24) is 5.43 Å². The molecule has 3 aromatic carbocycles. The van der Waals surface area contributed by atoms with Crippen molar-refractivity contribution in [2.24, 2.45) is 5.10 Å². The largest absolute Gasteiger partial charge is 0.494 e. The molecule has 0 aromatic heterocycles. The van der Waals surface area contributed by atoms with Gasteiger partial charge in [-0.15, -0.1) is 0 Å². The molecule has 36 heavy (non-hydrogen) atoms. The molecule has 0 aliphatic carbocycles. The van der Waals surface area contributed by atoms with E-state index >= 15 is 0 Å². The van der Waals surface area contributed by atoms with Crippen LogP contribution in [-0.2, 0) is 16.2 Å². The van der Waals surface area contributed by atoms with Crippen molar-refractivity contribution in [3.8, 4) is 17.2 Å². The standard InChI is InChI=1S/C27H28ClN3O5/c1-3-15-35-23-12-10-22(11-13-23)30-26(32)27(33)31-29-17-20-7-14-24(25(16-20)34-4-2)36-18-19-5-8-21(28)9-6-19/h5-14,16-17H,3-4,15,18H2,1-2H3,(H,30,32)(H,31,33)/b29-17-. The summed E-state index contributed by atoms with van der Waals surface area (Å²) in [7, 11) is 0. The molecule has 3 aromatic rings. The van der Waals surface area contributed by atoms with Gasteiger partial charge in [0, 0.05) is 10.7 Å². The summed E-state index contributed by atoms with van der Waals surface area (Å²) >= 11 is 5.92. The number of anilines is 1. The Morgan fingerprint density at radius 2 is 1.64 bits per heavy atom. The fourth-order valence-electron chi connectivity index (χ4n) is 2.99. The van der Waals surface area contributed by atoms with E-state index in [0.717, 1.165) is 12.0 Å². The fraction of sp³-hybridized carbons (Fsp3) is 0.222. The molecule has 0 unspecified atom stereocenters. The minimum atomic E-state index is -0.898. The molecule has 0 atom stereocenters. The van der Waals surface area contributed by atoms with Crippen LogP contribution in [0.5, 0.6) is 17.2 Å². The number of nitrogens with zero attached hydrogens (tertiary/aromatic N) is 1. The van der Waals surface area contributed by atoms with Crippen LogP contribution in [0.4, 0.5) is 5.69 Å². The van der Waals surface area contributed by atoms with Gasteiger partial charge in [0.15, 0.2) is 11.5 Å². The summed E-state index contributed by atoms with van der Waals surface area (Å²) in [6, 6.07) is 19.4. The molecule has 0 saturated heterocycles. The summed E-state index contributed by atoms with van der Waals surface area (Å²) in [5.41, 5.74) is 4.31. The van der Waals surface area contributed by atoms with Crippen LogP contribution in [0.1, 0.15) is 31.4 Å². The molecule has 188 valence electrons. The van der Waals surface area contributed by atoms with Crippen molar-refractivity contribution in [2.45, 2.75) is 26.9 Å². The van der Waals surface area contributed by atoms with Crippen molar-refractivity contribution >= 4 is 35.3 Å². The lowest BCUT2D eigenvalue weighted by Crippen LogP contribution is -2.32. The molecule has 0 fully saturated rings. The van der Waals surface area contributed by atoms with Gasteiger partial charge in [-0.2, -0.15) is 5.10 Å². The number of rotatable bonds is 11. The van der Waals surface area contributed by atoms with Gasteiger partial charge in [-0.3, -0.25) is 9.59 Å². The van der Waals surface area contributed by atoms with Gasteiger partial charge in [-0.05, 0) is 79.1 Å². The summed E-state index contributed by atoms with van der Waals surface area (Å²) in [6.07, 6.45) is 2.31. The Bertz CT molecular complexity index is 1180. The highest BCUT2D eigenvalue weighted by molar-refractivity contribution is 6.39. The van der Waals surface area contributed by atoms with E-state index in [9.17, 15) is 9.59 Å². The normalized spacial score (nSPS) is 10.6. The molecule has 2 N–H and O–H groups in total. The number of hydrogen-bond acceptors (Lipinski definition) is 6. The van der Waals surface area contributed by atoms with Crippen LogP contribution < -0.4 is 25.0 Å². The van der Waals surface area contributed by atoms with E-state index in [1.54, 1.807) is 54.6 Å². The molecule has 0 saturated carbocycles. The minimum absolute atomic E-state index is 0.352. The first kappa shape index (κ1) is 26.6. The zero-order valence-corrected chi connectivity index (χ0v) is 20.9. The van der Waals surface area contributed by atoms with E-state index in [1.807, 2.05) is 26.0 Å². The maximum atomic E-state index is 12.1. The van der Waals surface area contributed by atoms with Crippen LogP contribution >= 0.6 is 11.6 Å². The second kappa shape index (κ2) is 13.7. The number of benzene rings is 3. The van der Waals surface area contributed by atoms with Crippen molar-refractivity contribution in [1.29, 1.82) is 0 Å². The lowest BCUT2D eigenvalue weighted by atomic mass is 10.2. The zero-order valence-electron chi connectivity index (χ0n) is 20.1. The van der Waals surface area contributed by atoms with Crippen molar-refractivity contribution < 1.29 is 23.8 Å². The summed E-state index contributed by atoms with van der Waals surface area (Å²) in [5, 5.41) is 7.04. The van der Waals surface area contributed by atoms with Gasteiger partial charge in [0.2, 0.25) is 0 Å². The first-order valence-electron chi connectivity index (χ1n) is 11.5. The van der Waals surface area contributed by atoms with Gasteiger partial charge in [-0.1, -0.05) is 30.7 Å².